The minimum absolute atomic E-state index is 0.163. The van der Waals surface area contributed by atoms with Gasteiger partial charge < -0.3 is 9.16 Å². The Bertz CT molecular complexity index is 1050. The maximum atomic E-state index is 6.67. The average molecular weight is 415 g/mol. The van der Waals surface area contributed by atoms with Gasteiger partial charge in [0.15, 0.2) is 5.60 Å². The Balaban J connectivity index is 1.73. The Morgan fingerprint density at radius 1 is 0.767 bits per heavy atom. The minimum atomic E-state index is -1.88. The molecule has 0 unspecified atom stereocenters. The fourth-order valence-electron chi connectivity index (χ4n) is 3.51. The molecule has 0 saturated carbocycles. The second-order valence-electron chi connectivity index (χ2n) is 9.46. The van der Waals surface area contributed by atoms with Crippen molar-refractivity contribution in [1.29, 1.82) is 0 Å². The van der Waals surface area contributed by atoms with Crippen molar-refractivity contribution in [1.82, 2.24) is 0 Å². The predicted molar refractivity (Wildman–Crippen MR) is 128 cm³/mol. The molecule has 1 aliphatic heterocycles. The van der Waals surface area contributed by atoms with Gasteiger partial charge in [-0.15, -0.1) is 0 Å². The SMILES string of the molecule is CC(C)(C)[Si](C)(C)Oc1ccc([C@]2(c3ccccc3)C=Cc3ccccc3O2)cc1. The van der Waals surface area contributed by atoms with Crippen LogP contribution in [0.5, 0.6) is 11.5 Å². The third-order valence-corrected chi connectivity index (χ3v) is 10.7. The third-order valence-electron chi connectivity index (χ3n) is 6.35. The van der Waals surface area contributed by atoms with E-state index in [1.165, 1.54) is 0 Å². The molecule has 154 valence electrons. The molecule has 0 spiro atoms. The highest BCUT2D eigenvalue weighted by molar-refractivity contribution is 6.74. The summed E-state index contributed by atoms with van der Waals surface area (Å²) in [4.78, 5) is 0. The Labute approximate surface area is 181 Å². The van der Waals surface area contributed by atoms with Crippen molar-refractivity contribution >= 4 is 14.4 Å². The first-order chi connectivity index (χ1) is 14.2. The Morgan fingerprint density at radius 3 is 2.03 bits per heavy atom. The Hall–Kier alpha value is -2.78. The average Bonchev–Trinajstić information content (AvgIpc) is 2.73. The molecule has 1 heterocycles. The molecule has 0 fully saturated rings. The summed E-state index contributed by atoms with van der Waals surface area (Å²) in [7, 11) is -1.88. The van der Waals surface area contributed by atoms with Gasteiger partial charge in [0.05, 0.1) is 0 Å². The highest BCUT2D eigenvalue weighted by Crippen LogP contribution is 2.43. The second kappa shape index (κ2) is 7.48. The predicted octanol–water partition coefficient (Wildman–Crippen LogP) is 7.42. The molecule has 0 amide bonds. The van der Waals surface area contributed by atoms with E-state index in [9.17, 15) is 0 Å². The van der Waals surface area contributed by atoms with Crippen LogP contribution in [-0.4, -0.2) is 8.32 Å². The lowest BCUT2D eigenvalue weighted by molar-refractivity contribution is 0.161. The molecule has 1 aliphatic rings. The summed E-state index contributed by atoms with van der Waals surface area (Å²) in [6.07, 6.45) is 4.32. The monoisotopic (exact) mass is 414 g/mol. The van der Waals surface area contributed by atoms with E-state index >= 15 is 0 Å². The molecule has 0 aromatic heterocycles. The van der Waals surface area contributed by atoms with Gasteiger partial charge in [0.1, 0.15) is 11.5 Å². The zero-order chi connectivity index (χ0) is 21.4. The van der Waals surface area contributed by atoms with Gasteiger partial charge in [-0.1, -0.05) is 87.5 Å². The molecule has 0 radical (unpaired) electrons. The maximum absolute atomic E-state index is 6.67. The zero-order valence-corrected chi connectivity index (χ0v) is 19.5. The van der Waals surface area contributed by atoms with Crippen molar-refractivity contribution < 1.29 is 9.16 Å². The van der Waals surface area contributed by atoms with Gasteiger partial charge in [0.2, 0.25) is 8.32 Å². The molecule has 3 aromatic rings. The number of benzene rings is 3. The molecule has 0 aliphatic carbocycles. The number of ether oxygens (including phenoxy) is 1. The van der Waals surface area contributed by atoms with Crippen LogP contribution in [0.15, 0.2) is 84.9 Å². The molecule has 0 saturated heterocycles. The fraction of sp³-hybridized carbons (Fsp3) is 0.259. The van der Waals surface area contributed by atoms with Crippen LogP contribution in [0, 0.1) is 0 Å². The summed E-state index contributed by atoms with van der Waals surface area (Å²) in [6.45, 7) is 11.3. The molecule has 2 nitrogen and oxygen atoms in total. The van der Waals surface area contributed by atoms with Crippen LogP contribution in [0.1, 0.15) is 37.5 Å². The minimum Gasteiger partial charge on any atom is -0.544 e. The van der Waals surface area contributed by atoms with E-state index in [-0.39, 0.29) is 5.04 Å². The molecular weight excluding hydrogens is 384 g/mol. The molecule has 0 N–H and O–H groups in total. The summed E-state index contributed by atoms with van der Waals surface area (Å²) in [5.74, 6) is 1.82. The summed E-state index contributed by atoms with van der Waals surface area (Å²) in [5, 5.41) is 0.163. The summed E-state index contributed by atoms with van der Waals surface area (Å²) in [5.41, 5.74) is 2.63. The molecule has 0 bridgehead atoms. The molecule has 3 aromatic carbocycles. The highest BCUT2D eigenvalue weighted by Gasteiger charge is 2.40. The van der Waals surface area contributed by atoms with Crippen LogP contribution in [0.2, 0.25) is 18.1 Å². The van der Waals surface area contributed by atoms with E-state index in [0.717, 1.165) is 28.2 Å². The second-order valence-corrected chi connectivity index (χ2v) is 14.2. The largest absolute Gasteiger partial charge is 0.544 e. The third kappa shape index (κ3) is 3.70. The smallest absolute Gasteiger partial charge is 0.250 e. The fourth-order valence-corrected chi connectivity index (χ4v) is 4.54. The lowest BCUT2D eigenvalue weighted by Gasteiger charge is -2.37. The van der Waals surface area contributed by atoms with E-state index in [1.807, 2.05) is 24.3 Å². The van der Waals surface area contributed by atoms with Gasteiger partial charge >= 0.3 is 0 Å². The lowest BCUT2D eigenvalue weighted by Crippen LogP contribution is -2.43. The van der Waals surface area contributed by atoms with Crippen LogP contribution in [-0.2, 0) is 5.60 Å². The van der Waals surface area contributed by atoms with Crippen molar-refractivity contribution in [3.05, 3.63) is 102 Å². The van der Waals surface area contributed by atoms with Crippen LogP contribution in [0.3, 0.4) is 0 Å². The van der Waals surface area contributed by atoms with Gasteiger partial charge in [-0.05, 0) is 42.4 Å². The van der Waals surface area contributed by atoms with Gasteiger partial charge in [-0.3, -0.25) is 0 Å². The normalized spacial score (nSPS) is 18.4. The molecule has 1 atom stereocenters. The maximum Gasteiger partial charge on any atom is 0.250 e. The van der Waals surface area contributed by atoms with E-state index in [4.69, 9.17) is 9.16 Å². The standard InChI is InChI=1S/C27H30O2Si/c1-26(2,3)30(4,5)29-24-17-15-23(16-18-24)27(22-12-7-6-8-13-22)20-19-21-11-9-10-14-25(21)28-27/h6-20H,1-5H3/t27-/m1/s1. The number of rotatable bonds is 4. The number of hydrogen-bond acceptors (Lipinski definition) is 2. The lowest BCUT2D eigenvalue weighted by atomic mass is 9.83. The van der Waals surface area contributed by atoms with Crippen molar-refractivity contribution in [2.24, 2.45) is 0 Å². The van der Waals surface area contributed by atoms with E-state index in [2.05, 4.69) is 101 Å². The van der Waals surface area contributed by atoms with Gasteiger partial charge in [-0.25, -0.2) is 0 Å². The van der Waals surface area contributed by atoms with Gasteiger partial charge in [0, 0.05) is 16.7 Å². The van der Waals surface area contributed by atoms with Crippen molar-refractivity contribution in [3.8, 4) is 11.5 Å². The van der Waals surface area contributed by atoms with Crippen molar-refractivity contribution in [2.75, 3.05) is 0 Å². The molecule has 3 heteroatoms. The number of para-hydroxylation sites is 1. The first kappa shape index (κ1) is 20.5. The van der Waals surface area contributed by atoms with E-state index in [1.54, 1.807) is 0 Å². The van der Waals surface area contributed by atoms with E-state index in [0.29, 0.717) is 0 Å². The number of hydrogen-bond donors (Lipinski definition) is 0. The first-order valence-corrected chi connectivity index (χ1v) is 13.4. The Morgan fingerprint density at radius 2 is 1.37 bits per heavy atom. The van der Waals surface area contributed by atoms with Crippen molar-refractivity contribution in [3.63, 3.8) is 0 Å². The molecule has 4 rings (SSSR count). The van der Waals surface area contributed by atoms with Crippen LogP contribution in [0.4, 0.5) is 0 Å². The van der Waals surface area contributed by atoms with Crippen molar-refractivity contribution in [2.45, 2.75) is 44.5 Å². The summed E-state index contributed by atoms with van der Waals surface area (Å²) < 4.78 is 13.2. The zero-order valence-electron chi connectivity index (χ0n) is 18.5. The van der Waals surface area contributed by atoms with Crippen LogP contribution in [0.25, 0.3) is 6.08 Å². The Kier molecular flexibility index (Phi) is 5.11. The van der Waals surface area contributed by atoms with Gasteiger partial charge in [0.25, 0.3) is 0 Å². The quantitative estimate of drug-likeness (QED) is 0.414. The van der Waals surface area contributed by atoms with Crippen LogP contribution >= 0.6 is 0 Å². The van der Waals surface area contributed by atoms with Crippen LogP contribution < -0.4 is 9.16 Å². The summed E-state index contributed by atoms with van der Waals surface area (Å²) >= 11 is 0. The molecular formula is C27H30O2Si. The van der Waals surface area contributed by atoms with Gasteiger partial charge in [-0.2, -0.15) is 0 Å². The highest BCUT2D eigenvalue weighted by atomic mass is 28.4. The van der Waals surface area contributed by atoms with E-state index < -0.39 is 13.9 Å². The number of fused-ring (bicyclic) bond motifs is 1. The molecule has 30 heavy (non-hydrogen) atoms. The first-order valence-electron chi connectivity index (χ1n) is 10.5. The topological polar surface area (TPSA) is 18.5 Å². The summed E-state index contributed by atoms with van der Waals surface area (Å²) in [6, 6.07) is 27.0.